The molecule has 0 aliphatic carbocycles. The molecule has 1 fully saturated rings. The Balaban J connectivity index is 0.00000112. The van der Waals surface area contributed by atoms with Crippen molar-refractivity contribution in [2.24, 2.45) is 5.92 Å². The molecular formula is C29H43F3N2O8. The van der Waals surface area contributed by atoms with Gasteiger partial charge in [-0.1, -0.05) is 39.3 Å². The van der Waals surface area contributed by atoms with E-state index < -0.39 is 42.3 Å². The van der Waals surface area contributed by atoms with Crippen molar-refractivity contribution in [3.8, 4) is 5.75 Å². The Morgan fingerprint density at radius 3 is 2.19 bits per heavy atom. The number of carbonyl (C=O) groups is 4. The second-order valence-electron chi connectivity index (χ2n) is 11.0. The Morgan fingerprint density at radius 2 is 1.67 bits per heavy atom. The zero-order valence-electron chi connectivity index (χ0n) is 25.2. The molecule has 2 N–H and O–H groups in total. The van der Waals surface area contributed by atoms with Gasteiger partial charge in [-0.15, -0.1) is 0 Å². The molecule has 10 nitrogen and oxygen atoms in total. The Bertz CT molecular complexity index is 1060. The summed E-state index contributed by atoms with van der Waals surface area (Å²) in [6.07, 6.45) is -2.82. The largest absolute Gasteiger partial charge is 0.490 e. The second kappa shape index (κ2) is 16.3. The van der Waals surface area contributed by atoms with E-state index in [4.69, 9.17) is 24.1 Å². The molecule has 42 heavy (non-hydrogen) atoms. The minimum absolute atomic E-state index is 0.00605. The normalized spacial score (nSPS) is 19.0. The number of nitrogens with one attached hydrogen (secondary N) is 1. The molecular weight excluding hydrogens is 561 g/mol. The molecule has 13 heteroatoms. The molecule has 1 aliphatic rings. The Hall–Kier alpha value is -3.35. The molecule has 1 aromatic rings. The number of aliphatic carboxylic acids is 1. The summed E-state index contributed by atoms with van der Waals surface area (Å²) in [4.78, 5) is 48.6. The van der Waals surface area contributed by atoms with E-state index in [0.717, 1.165) is 37.9 Å². The molecule has 0 aromatic heterocycles. The van der Waals surface area contributed by atoms with E-state index in [1.165, 1.54) is 13.3 Å². The monoisotopic (exact) mass is 604 g/mol. The van der Waals surface area contributed by atoms with Crippen molar-refractivity contribution in [1.82, 2.24) is 10.2 Å². The fourth-order valence-corrected chi connectivity index (χ4v) is 4.52. The highest BCUT2D eigenvalue weighted by atomic mass is 19.4. The van der Waals surface area contributed by atoms with Crippen LogP contribution in [0.2, 0.25) is 0 Å². The van der Waals surface area contributed by atoms with Gasteiger partial charge in [0, 0.05) is 12.0 Å². The first-order valence-corrected chi connectivity index (χ1v) is 13.9. The van der Waals surface area contributed by atoms with Crippen molar-refractivity contribution in [2.75, 3.05) is 20.1 Å². The number of alkyl halides is 3. The predicted molar refractivity (Wildman–Crippen MR) is 148 cm³/mol. The summed E-state index contributed by atoms with van der Waals surface area (Å²) in [5.41, 5.74) is 1.16. The maximum atomic E-state index is 12.7. The summed E-state index contributed by atoms with van der Waals surface area (Å²) in [5.74, 6) is -3.97. The minimum Gasteiger partial charge on any atom is -0.475 e. The molecule has 0 saturated carbocycles. The van der Waals surface area contributed by atoms with E-state index >= 15 is 0 Å². The molecule has 1 aromatic carbocycles. The van der Waals surface area contributed by atoms with Gasteiger partial charge in [-0.2, -0.15) is 13.2 Å². The third-order valence-corrected chi connectivity index (χ3v) is 6.76. The fourth-order valence-electron chi connectivity index (χ4n) is 4.52. The van der Waals surface area contributed by atoms with Crippen LogP contribution in [0.4, 0.5) is 18.0 Å². The number of likely N-dealkylation sites (tertiary alicyclic amines) is 1. The smallest absolute Gasteiger partial charge is 0.475 e. The number of ether oxygens (including phenoxy) is 3. The number of amides is 1. The lowest BCUT2D eigenvalue weighted by Gasteiger charge is -2.35. The number of carboxylic acid groups (broad SMARTS) is 1. The maximum Gasteiger partial charge on any atom is 0.490 e. The van der Waals surface area contributed by atoms with E-state index in [-0.39, 0.29) is 17.4 Å². The van der Waals surface area contributed by atoms with Gasteiger partial charge in [0.1, 0.15) is 11.8 Å². The molecule has 238 valence electrons. The first-order valence-electron chi connectivity index (χ1n) is 13.9. The van der Waals surface area contributed by atoms with Crippen LogP contribution in [0.1, 0.15) is 72.8 Å². The zero-order valence-corrected chi connectivity index (χ0v) is 25.2. The highest BCUT2D eigenvalue weighted by Gasteiger charge is 2.38. The van der Waals surface area contributed by atoms with Crippen LogP contribution < -0.4 is 10.1 Å². The quantitative estimate of drug-likeness (QED) is 0.371. The fraction of sp³-hybridized carbons (Fsp3) is 0.655. The van der Waals surface area contributed by atoms with Crippen LogP contribution in [0.3, 0.4) is 0 Å². The van der Waals surface area contributed by atoms with Crippen LogP contribution in [0.5, 0.6) is 5.75 Å². The maximum absolute atomic E-state index is 12.7. The number of esters is 2. The van der Waals surface area contributed by atoms with Gasteiger partial charge in [0.05, 0.1) is 6.10 Å². The van der Waals surface area contributed by atoms with Crippen LogP contribution in [0.15, 0.2) is 24.3 Å². The number of rotatable bonds is 9. The lowest BCUT2D eigenvalue weighted by Crippen LogP contribution is -2.47. The molecule has 1 heterocycles. The average molecular weight is 605 g/mol. The molecule has 1 unspecified atom stereocenters. The van der Waals surface area contributed by atoms with Crippen molar-refractivity contribution in [3.63, 3.8) is 0 Å². The second-order valence-corrected chi connectivity index (χ2v) is 11.0. The van der Waals surface area contributed by atoms with E-state index in [2.05, 4.69) is 30.3 Å². The number of nitrogens with zero attached hydrogens (tertiary/aromatic N) is 1. The highest BCUT2D eigenvalue weighted by Crippen LogP contribution is 2.37. The lowest BCUT2D eigenvalue weighted by molar-refractivity contribution is -0.192. The van der Waals surface area contributed by atoms with Gasteiger partial charge in [0.2, 0.25) is 0 Å². The summed E-state index contributed by atoms with van der Waals surface area (Å²) >= 11 is 0. The molecule has 1 amide bonds. The summed E-state index contributed by atoms with van der Waals surface area (Å²) < 4.78 is 47.6. The summed E-state index contributed by atoms with van der Waals surface area (Å²) in [7, 11) is 2.15. The van der Waals surface area contributed by atoms with Gasteiger partial charge >= 0.3 is 30.2 Å². The molecule has 1 aliphatic heterocycles. The Kier molecular flexibility index (Phi) is 14.3. The Labute approximate surface area is 244 Å². The summed E-state index contributed by atoms with van der Waals surface area (Å²) in [5, 5.41) is 9.72. The number of hydrogen-bond acceptors (Lipinski definition) is 8. The molecule has 0 spiro atoms. The molecule has 1 saturated heterocycles. The SMILES string of the molecule is CCC1(c2cccc(OC(=O)N[C@H](C(=O)O[C@@H](C)C(=O)OC(C)C)C(C)C)c2)CCCCN(C)C1.O=C(O)C(F)(F)F. The summed E-state index contributed by atoms with van der Waals surface area (Å²) in [6.45, 7) is 12.7. The Morgan fingerprint density at radius 1 is 1.05 bits per heavy atom. The van der Waals surface area contributed by atoms with Gasteiger partial charge in [-0.05, 0) is 77.2 Å². The third kappa shape index (κ3) is 11.9. The standard InChI is InChI=1S/C27H42N2O6.C2HF3O2/c1-8-27(14-9-10-15-29(7)17-27)21-12-11-13-22(16-21)35-26(32)28-23(18(2)3)25(31)34-20(6)24(30)33-19(4)5;3-2(4,5)1(6)7/h11-13,16,18-20,23H,8-10,14-15,17H2,1-7H3,(H,28,32);(H,6,7)/t20-,23-,27?;/m0./s1. The van der Waals surface area contributed by atoms with Crippen molar-refractivity contribution < 1.29 is 51.7 Å². The molecule has 0 bridgehead atoms. The molecule has 2 rings (SSSR count). The summed E-state index contributed by atoms with van der Waals surface area (Å²) in [6, 6.07) is 6.68. The number of likely N-dealkylation sites (N-methyl/N-ethyl adjacent to an activating group) is 1. The minimum atomic E-state index is -5.08. The van der Waals surface area contributed by atoms with Gasteiger partial charge in [0.15, 0.2) is 6.10 Å². The first kappa shape index (κ1) is 36.7. The van der Waals surface area contributed by atoms with Crippen LogP contribution in [0, 0.1) is 5.92 Å². The van der Waals surface area contributed by atoms with Crippen LogP contribution in [-0.4, -0.2) is 78.6 Å². The topological polar surface area (TPSA) is 131 Å². The first-order chi connectivity index (χ1) is 19.4. The number of carbonyl (C=O) groups excluding carboxylic acids is 3. The van der Waals surface area contributed by atoms with E-state index in [1.54, 1.807) is 33.8 Å². The highest BCUT2D eigenvalue weighted by molar-refractivity contribution is 5.85. The van der Waals surface area contributed by atoms with E-state index in [0.29, 0.717) is 5.75 Å². The van der Waals surface area contributed by atoms with Crippen LogP contribution in [0.25, 0.3) is 0 Å². The van der Waals surface area contributed by atoms with Gasteiger partial charge in [-0.3, -0.25) is 0 Å². The van der Waals surface area contributed by atoms with Crippen molar-refractivity contribution in [2.45, 2.75) is 97.1 Å². The number of hydrogen-bond donors (Lipinski definition) is 2. The van der Waals surface area contributed by atoms with Gasteiger partial charge in [0.25, 0.3) is 0 Å². The number of halogens is 3. The van der Waals surface area contributed by atoms with Crippen LogP contribution >= 0.6 is 0 Å². The van der Waals surface area contributed by atoms with Gasteiger partial charge < -0.3 is 29.5 Å². The molecule has 3 atom stereocenters. The molecule has 0 radical (unpaired) electrons. The van der Waals surface area contributed by atoms with Crippen molar-refractivity contribution in [3.05, 3.63) is 29.8 Å². The predicted octanol–water partition coefficient (Wildman–Crippen LogP) is 5.08. The van der Waals surface area contributed by atoms with Crippen molar-refractivity contribution in [1.29, 1.82) is 0 Å². The number of carboxylic acids is 1. The van der Waals surface area contributed by atoms with Crippen molar-refractivity contribution >= 4 is 24.0 Å². The average Bonchev–Trinajstić information content (AvgIpc) is 3.08. The van der Waals surface area contributed by atoms with E-state index in [9.17, 15) is 27.6 Å². The van der Waals surface area contributed by atoms with Gasteiger partial charge in [-0.25, -0.2) is 19.2 Å². The zero-order chi connectivity index (χ0) is 32.3. The van der Waals surface area contributed by atoms with E-state index in [1.807, 2.05) is 12.1 Å². The third-order valence-electron chi connectivity index (χ3n) is 6.76. The lowest BCUT2D eigenvalue weighted by atomic mass is 9.74. The van der Waals surface area contributed by atoms with Crippen LogP contribution in [-0.2, 0) is 29.3 Å². The number of benzene rings is 1.